The summed E-state index contributed by atoms with van der Waals surface area (Å²) in [5, 5.41) is 11.8. The quantitative estimate of drug-likeness (QED) is 0.457. The van der Waals surface area contributed by atoms with Crippen molar-refractivity contribution in [1.29, 1.82) is 5.26 Å². The summed E-state index contributed by atoms with van der Waals surface area (Å²) in [6, 6.07) is 10.7. The van der Waals surface area contributed by atoms with Crippen LogP contribution in [0.2, 0.25) is 0 Å². The zero-order valence-corrected chi connectivity index (χ0v) is 14.8. The second-order valence-electron chi connectivity index (χ2n) is 4.81. The van der Waals surface area contributed by atoms with Crippen molar-refractivity contribution in [3.8, 4) is 6.07 Å². The van der Waals surface area contributed by atoms with Gasteiger partial charge in [-0.3, -0.25) is 14.4 Å². The van der Waals surface area contributed by atoms with Gasteiger partial charge >= 0.3 is 0 Å². The first-order valence-corrected chi connectivity index (χ1v) is 7.95. The van der Waals surface area contributed by atoms with Crippen molar-refractivity contribution in [2.24, 2.45) is 5.73 Å². The fraction of sp³-hybridized carbons (Fsp3) is 0.0625. The lowest BCUT2D eigenvalue weighted by atomic mass is 10.1. The molecule has 0 radical (unpaired) electrons. The second kappa shape index (κ2) is 8.41. The summed E-state index contributed by atoms with van der Waals surface area (Å²) in [6.45, 7) is -0.490. The number of rotatable bonds is 6. The summed E-state index contributed by atoms with van der Waals surface area (Å²) in [4.78, 5) is 27.5. The Morgan fingerprint density at radius 1 is 1.24 bits per heavy atom. The number of hydrogen-bond donors (Lipinski definition) is 3. The van der Waals surface area contributed by atoms with Gasteiger partial charge in [0.2, 0.25) is 5.91 Å². The Hall–Kier alpha value is -2.71. The topological polar surface area (TPSA) is 117 Å². The maximum Gasteiger partial charge on any atom is 0.276 e. The van der Waals surface area contributed by atoms with Crippen molar-refractivity contribution in [3.63, 3.8) is 0 Å². The van der Waals surface area contributed by atoms with Gasteiger partial charge in [-0.1, -0.05) is 0 Å². The number of hydroxylamine groups is 1. The van der Waals surface area contributed by atoms with Crippen LogP contribution in [0, 0.1) is 20.7 Å². The lowest BCUT2D eigenvalue weighted by Gasteiger charge is -2.13. The molecule has 0 heterocycles. The summed E-state index contributed by atoms with van der Waals surface area (Å²) < 4.78 is 14.7. The minimum atomic E-state index is -0.751. The largest absolute Gasteiger partial charge is 0.368 e. The molecule has 2 aromatic carbocycles. The summed E-state index contributed by atoms with van der Waals surface area (Å²) in [5.74, 6) is -1.94. The molecule has 0 bridgehead atoms. The van der Waals surface area contributed by atoms with Crippen molar-refractivity contribution < 1.29 is 18.8 Å². The molecular weight excluding hydrogens is 442 g/mol. The first-order chi connectivity index (χ1) is 11.9. The van der Waals surface area contributed by atoms with Gasteiger partial charge in [-0.15, -0.1) is 0 Å². The molecule has 0 fully saturated rings. The van der Waals surface area contributed by atoms with Gasteiger partial charge in [0.1, 0.15) is 5.82 Å². The number of anilines is 2. The summed E-state index contributed by atoms with van der Waals surface area (Å²) in [7, 11) is 0. The minimum absolute atomic E-state index is 0.0985. The van der Waals surface area contributed by atoms with Gasteiger partial charge in [0.05, 0.1) is 28.6 Å². The predicted molar refractivity (Wildman–Crippen MR) is 96.2 cm³/mol. The Kier molecular flexibility index (Phi) is 6.26. The van der Waals surface area contributed by atoms with E-state index in [2.05, 4.69) is 15.6 Å². The molecule has 7 nitrogen and oxygen atoms in total. The SMILES string of the molecule is N#Cc1ccc(C(=O)NOCC(N)=O)c(Nc2ccc(I)cc2F)c1. The number of halogens is 2. The standard InChI is InChI=1S/C16H12FIN4O3/c17-12-6-10(18)2-4-13(12)21-14-5-9(7-19)1-3-11(14)16(24)22-25-8-15(20)23/h1-6,21H,8H2,(H2,20,23)(H,22,24). The van der Waals surface area contributed by atoms with E-state index in [1.54, 1.807) is 6.07 Å². The fourth-order valence-corrected chi connectivity index (χ4v) is 2.33. The van der Waals surface area contributed by atoms with Crippen LogP contribution in [0.5, 0.6) is 0 Å². The van der Waals surface area contributed by atoms with E-state index in [4.69, 9.17) is 11.0 Å². The number of nitriles is 1. The van der Waals surface area contributed by atoms with Crippen LogP contribution in [0.3, 0.4) is 0 Å². The zero-order chi connectivity index (χ0) is 18.4. The molecule has 4 N–H and O–H groups in total. The number of amides is 2. The average molecular weight is 454 g/mol. The summed E-state index contributed by atoms with van der Waals surface area (Å²) in [5.41, 5.74) is 7.70. The molecule has 2 rings (SSSR count). The van der Waals surface area contributed by atoms with Gasteiger partial charge in [-0.25, -0.2) is 9.87 Å². The van der Waals surface area contributed by atoms with E-state index in [0.29, 0.717) is 3.57 Å². The lowest BCUT2D eigenvalue weighted by molar-refractivity contribution is -0.124. The highest BCUT2D eigenvalue weighted by Gasteiger charge is 2.14. The van der Waals surface area contributed by atoms with Gasteiger partial charge < -0.3 is 11.1 Å². The van der Waals surface area contributed by atoms with Crippen molar-refractivity contribution in [3.05, 3.63) is 56.9 Å². The zero-order valence-electron chi connectivity index (χ0n) is 12.7. The Morgan fingerprint density at radius 2 is 2.00 bits per heavy atom. The number of benzene rings is 2. The third-order valence-corrected chi connectivity index (χ3v) is 3.64. The van der Waals surface area contributed by atoms with Crippen LogP contribution in [0.4, 0.5) is 15.8 Å². The maximum absolute atomic E-state index is 14.0. The fourth-order valence-electron chi connectivity index (χ4n) is 1.88. The Balaban J connectivity index is 2.30. The van der Waals surface area contributed by atoms with Gasteiger partial charge in [-0.05, 0) is 59.0 Å². The molecule has 0 aliphatic rings. The number of nitrogens with zero attached hydrogens (tertiary/aromatic N) is 1. The summed E-state index contributed by atoms with van der Waals surface area (Å²) in [6.07, 6.45) is 0. The van der Waals surface area contributed by atoms with Crippen molar-refractivity contribution in [2.45, 2.75) is 0 Å². The molecule has 128 valence electrons. The van der Waals surface area contributed by atoms with E-state index in [1.807, 2.05) is 28.7 Å². The molecule has 25 heavy (non-hydrogen) atoms. The first kappa shape index (κ1) is 18.6. The van der Waals surface area contributed by atoms with Gasteiger partial charge in [0, 0.05) is 3.57 Å². The smallest absolute Gasteiger partial charge is 0.276 e. The highest BCUT2D eigenvalue weighted by molar-refractivity contribution is 14.1. The van der Waals surface area contributed by atoms with E-state index >= 15 is 0 Å². The molecule has 0 saturated heterocycles. The number of nitrogens with one attached hydrogen (secondary N) is 2. The van der Waals surface area contributed by atoms with E-state index in [1.165, 1.54) is 30.3 Å². The number of carbonyl (C=O) groups is 2. The van der Waals surface area contributed by atoms with E-state index < -0.39 is 24.2 Å². The summed E-state index contributed by atoms with van der Waals surface area (Å²) >= 11 is 1.97. The van der Waals surface area contributed by atoms with Crippen molar-refractivity contribution in [2.75, 3.05) is 11.9 Å². The van der Waals surface area contributed by atoms with Gasteiger partial charge in [-0.2, -0.15) is 5.26 Å². The Morgan fingerprint density at radius 3 is 2.64 bits per heavy atom. The minimum Gasteiger partial charge on any atom is -0.368 e. The number of carbonyl (C=O) groups excluding carboxylic acids is 2. The van der Waals surface area contributed by atoms with Crippen LogP contribution in [-0.4, -0.2) is 18.4 Å². The molecule has 9 heteroatoms. The molecule has 0 unspecified atom stereocenters. The molecule has 2 aromatic rings. The van der Waals surface area contributed by atoms with Crippen molar-refractivity contribution in [1.82, 2.24) is 5.48 Å². The number of hydrogen-bond acceptors (Lipinski definition) is 5. The van der Waals surface area contributed by atoms with Gasteiger partial charge in [0.15, 0.2) is 6.61 Å². The van der Waals surface area contributed by atoms with Gasteiger partial charge in [0.25, 0.3) is 5.91 Å². The predicted octanol–water partition coefficient (Wildman–Crippen LogP) is 2.19. The molecule has 0 aliphatic carbocycles. The first-order valence-electron chi connectivity index (χ1n) is 6.87. The Bertz CT molecular complexity index is 867. The van der Waals surface area contributed by atoms with Crippen LogP contribution in [-0.2, 0) is 9.63 Å². The average Bonchev–Trinajstić information content (AvgIpc) is 2.56. The third-order valence-electron chi connectivity index (χ3n) is 2.97. The molecule has 2 amide bonds. The van der Waals surface area contributed by atoms with Crippen LogP contribution >= 0.6 is 22.6 Å². The second-order valence-corrected chi connectivity index (χ2v) is 6.05. The molecule has 0 aliphatic heterocycles. The lowest BCUT2D eigenvalue weighted by Crippen LogP contribution is -2.29. The highest BCUT2D eigenvalue weighted by Crippen LogP contribution is 2.25. The van der Waals surface area contributed by atoms with Crippen LogP contribution in [0.15, 0.2) is 36.4 Å². The maximum atomic E-state index is 14.0. The molecular formula is C16H12FIN4O3. The molecule has 0 saturated carbocycles. The third kappa shape index (κ3) is 5.13. The molecule has 0 atom stereocenters. The van der Waals surface area contributed by atoms with Crippen molar-refractivity contribution >= 4 is 45.8 Å². The van der Waals surface area contributed by atoms with Crippen LogP contribution in [0.1, 0.15) is 15.9 Å². The Labute approximate surface area is 156 Å². The molecule has 0 aromatic heterocycles. The van der Waals surface area contributed by atoms with E-state index in [9.17, 15) is 14.0 Å². The monoisotopic (exact) mass is 454 g/mol. The van der Waals surface area contributed by atoms with E-state index in [0.717, 1.165) is 0 Å². The number of nitrogens with two attached hydrogens (primary N) is 1. The molecule has 0 spiro atoms. The normalized spacial score (nSPS) is 9.96. The number of primary amides is 1. The van der Waals surface area contributed by atoms with E-state index in [-0.39, 0.29) is 22.5 Å². The van der Waals surface area contributed by atoms with Crippen LogP contribution in [0.25, 0.3) is 0 Å². The van der Waals surface area contributed by atoms with Crippen LogP contribution < -0.4 is 16.5 Å². The highest BCUT2D eigenvalue weighted by atomic mass is 127.